The Kier molecular flexibility index (Phi) is 4.00. The first-order valence-electron chi connectivity index (χ1n) is 4.91. The maximum Gasteiger partial charge on any atom is 0.242 e. The highest BCUT2D eigenvalue weighted by atomic mass is 79.9. The monoisotopic (exact) mass is 347 g/mol. The molecule has 0 saturated carbocycles. The second-order valence-corrected chi connectivity index (χ2v) is 7.10. The molecule has 0 radical (unpaired) electrons. The van der Waals surface area contributed by atoms with E-state index in [1.54, 1.807) is 23.8 Å². The predicted octanol–water partition coefficient (Wildman–Crippen LogP) is 1.97. The van der Waals surface area contributed by atoms with Crippen molar-refractivity contribution in [2.75, 3.05) is 5.73 Å². The molecule has 18 heavy (non-hydrogen) atoms. The van der Waals surface area contributed by atoms with Crippen LogP contribution in [-0.4, -0.2) is 13.4 Å². The molecule has 0 atom stereocenters. The smallest absolute Gasteiger partial charge is 0.242 e. The Morgan fingerprint density at radius 2 is 2.22 bits per heavy atom. The van der Waals surface area contributed by atoms with Crippen molar-refractivity contribution in [1.82, 2.24) is 9.71 Å². The summed E-state index contributed by atoms with van der Waals surface area (Å²) in [7, 11) is -3.60. The normalized spacial score (nSPS) is 11.6. The molecule has 0 bridgehead atoms. The van der Waals surface area contributed by atoms with Crippen molar-refractivity contribution in [2.24, 2.45) is 0 Å². The van der Waals surface area contributed by atoms with Gasteiger partial charge in [-0.25, -0.2) is 13.1 Å². The molecule has 8 heteroatoms. The lowest BCUT2D eigenvalue weighted by Gasteiger charge is -2.08. The molecule has 3 N–H and O–H groups in total. The number of nitrogens with two attached hydrogens (primary N) is 1. The third kappa shape index (κ3) is 3.08. The van der Waals surface area contributed by atoms with Crippen molar-refractivity contribution in [2.45, 2.75) is 11.4 Å². The van der Waals surface area contributed by atoms with Crippen LogP contribution in [0.2, 0.25) is 0 Å². The summed E-state index contributed by atoms with van der Waals surface area (Å²) in [5, 5.41) is 0. The molecule has 1 heterocycles. The lowest BCUT2D eigenvalue weighted by molar-refractivity contribution is 0.582. The summed E-state index contributed by atoms with van der Waals surface area (Å²) in [6.45, 7) is 0.211. The van der Waals surface area contributed by atoms with E-state index in [9.17, 15) is 8.42 Å². The number of thiazole rings is 1. The van der Waals surface area contributed by atoms with Crippen LogP contribution >= 0.6 is 27.3 Å². The van der Waals surface area contributed by atoms with E-state index in [-0.39, 0.29) is 17.1 Å². The molecule has 0 unspecified atom stereocenters. The Hall–Kier alpha value is -0.960. The summed E-state index contributed by atoms with van der Waals surface area (Å²) in [4.78, 5) is 4.80. The van der Waals surface area contributed by atoms with Gasteiger partial charge in [-0.15, -0.1) is 11.3 Å². The number of benzene rings is 1. The van der Waals surface area contributed by atoms with Crippen molar-refractivity contribution >= 4 is 43.0 Å². The Morgan fingerprint density at radius 1 is 1.44 bits per heavy atom. The van der Waals surface area contributed by atoms with Crippen LogP contribution in [0.15, 0.2) is 39.3 Å². The maximum absolute atomic E-state index is 12.0. The largest absolute Gasteiger partial charge is 0.398 e. The second-order valence-electron chi connectivity index (χ2n) is 3.47. The van der Waals surface area contributed by atoms with Gasteiger partial charge in [-0.05, 0) is 18.2 Å². The summed E-state index contributed by atoms with van der Waals surface area (Å²) in [5.74, 6) is 0. The fraction of sp³-hybridized carbons (Fsp3) is 0.100. The fourth-order valence-corrected chi connectivity index (χ4v) is 3.46. The molecule has 0 saturated heterocycles. The molecule has 2 aromatic rings. The molecule has 0 aliphatic heterocycles. The van der Waals surface area contributed by atoms with Crippen LogP contribution in [0.25, 0.3) is 0 Å². The van der Waals surface area contributed by atoms with Gasteiger partial charge in [-0.3, -0.25) is 4.98 Å². The Bertz CT molecular complexity index is 641. The summed E-state index contributed by atoms with van der Waals surface area (Å²) >= 11 is 4.62. The summed E-state index contributed by atoms with van der Waals surface area (Å²) in [6, 6.07) is 4.66. The quantitative estimate of drug-likeness (QED) is 0.828. The number of rotatable bonds is 4. The molecule has 0 fully saturated rings. The van der Waals surface area contributed by atoms with E-state index in [4.69, 9.17) is 5.73 Å². The molecule has 1 aromatic carbocycles. The predicted molar refractivity (Wildman–Crippen MR) is 74.7 cm³/mol. The zero-order valence-corrected chi connectivity index (χ0v) is 12.3. The zero-order valence-electron chi connectivity index (χ0n) is 9.13. The standard InChI is InChI=1S/C10H10BrN3O2S2/c11-7-1-2-10(9(12)3-7)18(15,16)14-5-8-4-13-6-17-8/h1-4,6,14H,5,12H2. The van der Waals surface area contributed by atoms with Gasteiger partial charge in [-0.1, -0.05) is 15.9 Å². The van der Waals surface area contributed by atoms with Crippen LogP contribution in [0.3, 0.4) is 0 Å². The molecule has 0 aliphatic rings. The summed E-state index contributed by atoms with van der Waals surface area (Å²) in [5.41, 5.74) is 7.56. The van der Waals surface area contributed by atoms with Crippen LogP contribution in [0.1, 0.15) is 4.88 Å². The van der Waals surface area contributed by atoms with Gasteiger partial charge in [0.25, 0.3) is 0 Å². The van der Waals surface area contributed by atoms with Crippen LogP contribution in [-0.2, 0) is 16.6 Å². The highest BCUT2D eigenvalue weighted by Crippen LogP contribution is 2.22. The molecule has 96 valence electrons. The second kappa shape index (κ2) is 5.35. The topological polar surface area (TPSA) is 85.1 Å². The van der Waals surface area contributed by atoms with Gasteiger partial charge in [0.2, 0.25) is 10.0 Å². The number of aromatic nitrogens is 1. The van der Waals surface area contributed by atoms with Gasteiger partial charge in [-0.2, -0.15) is 0 Å². The highest BCUT2D eigenvalue weighted by Gasteiger charge is 2.17. The Morgan fingerprint density at radius 3 is 2.83 bits per heavy atom. The lowest BCUT2D eigenvalue weighted by Crippen LogP contribution is -2.23. The molecule has 5 nitrogen and oxygen atoms in total. The Balaban J connectivity index is 2.20. The van der Waals surface area contributed by atoms with Crippen LogP contribution in [0.5, 0.6) is 0 Å². The van der Waals surface area contributed by atoms with Crippen LogP contribution in [0.4, 0.5) is 5.69 Å². The van der Waals surface area contributed by atoms with Crippen molar-refractivity contribution in [1.29, 1.82) is 0 Å². The van der Waals surface area contributed by atoms with Crippen molar-refractivity contribution < 1.29 is 8.42 Å². The molecule has 0 spiro atoms. The van der Waals surface area contributed by atoms with Gasteiger partial charge in [0, 0.05) is 22.1 Å². The first kappa shape index (κ1) is 13.5. The van der Waals surface area contributed by atoms with Gasteiger partial charge >= 0.3 is 0 Å². The van der Waals surface area contributed by atoms with Crippen molar-refractivity contribution in [3.63, 3.8) is 0 Å². The molecular formula is C10H10BrN3O2S2. The third-order valence-corrected chi connectivity index (χ3v) is 4.93. The third-order valence-electron chi connectivity index (χ3n) is 2.18. The molecule has 1 aromatic heterocycles. The minimum absolute atomic E-state index is 0.0789. The summed E-state index contributed by atoms with van der Waals surface area (Å²) in [6.07, 6.45) is 1.62. The Labute approximate surface area is 117 Å². The van der Waals surface area contributed by atoms with Crippen molar-refractivity contribution in [3.8, 4) is 0 Å². The number of nitrogens with zero attached hydrogens (tertiary/aromatic N) is 1. The fourth-order valence-electron chi connectivity index (χ4n) is 1.34. The minimum atomic E-state index is -3.60. The van der Waals surface area contributed by atoms with E-state index in [0.29, 0.717) is 0 Å². The molecule has 2 rings (SSSR count). The number of hydrogen-bond acceptors (Lipinski definition) is 5. The number of hydrogen-bond donors (Lipinski definition) is 2. The van der Waals surface area contributed by atoms with E-state index in [2.05, 4.69) is 25.6 Å². The molecule has 0 aliphatic carbocycles. The van der Waals surface area contributed by atoms with Gasteiger partial charge in [0.1, 0.15) is 4.90 Å². The van der Waals surface area contributed by atoms with Crippen LogP contribution in [0, 0.1) is 0 Å². The maximum atomic E-state index is 12.0. The first-order chi connectivity index (χ1) is 8.49. The van der Waals surface area contributed by atoms with E-state index in [0.717, 1.165) is 9.35 Å². The average molecular weight is 348 g/mol. The van der Waals surface area contributed by atoms with E-state index in [1.165, 1.54) is 17.4 Å². The van der Waals surface area contributed by atoms with E-state index < -0.39 is 10.0 Å². The summed E-state index contributed by atoms with van der Waals surface area (Å²) < 4.78 is 27.3. The van der Waals surface area contributed by atoms with Crippen LogP contribution < -0.4 is 10.5 Å². The van der Waals surface area contributed by atoms with Crippen molar-refractivity contribution in [3.05, 3.63) is 39.3 Å². The number of nitrogen functional groups attached to an aromatic ring is 1. The SMILES string of the molecule is Nc1cc(Br)ccc1S(=O)(=O)NCc1cncs1. The average Bonchev–Trinajstić information content (AvgIpc) is 2.78. The highest BCUT2D eigenvalue weighted by molar-refractivity contribution is 9.10. The minimum Gasteiger partial charge on any atom is -0.398 e. The number of sulfonamides is 1. The van der Waals surface area contributed by atoms with Gasteiger partial charge in [0.15, 0.2) is 0 Å². The van der Waals surface area contributed by atoms with E-state index >= 15 is 0 Å². The zero-order chi connectivity index (χ0) is 13.2. The van der Waals surface area contributed by atoms with Gasteiger partial charge < -0.3 is 5.73 Å². The molecule has 0 amide bonds. The van der Waals surface area contributed by atoms with E-state index in [1.807, 2.05) is 0 Å². The molecular weight excluding hydrogens is 338 g/mol. The number of anilines is 1. The van der Waals surface area contributed by atoms with Gasteiger partial charge in [0.05, 0.1) is 11.2 Å². The number of nitrogens with one attached hydrogen (secondary N) is 1. The number of halogens is 1. The first-order valence-corrected chi connectivity index (χ1v) is 8.07. The lowest BCUT2D eigenvalue weighted by atomic mass is 10.3.